The first-order chi connectivity index (χ1) is 14.4. The van der Waals surface area contributed by atoms with E-state index in [2.05, 4.69) is 4.99 Å². The maximum Gasteiger partial charge on any atom is 0.252 e. The van der Waals surface area contributed by atoms with Gasteiger partial charge in [0.05, 0.1) is 21.0 Å². The molecule has 1 fully saturated rings. The van der Waals surface area contributed by atoms with Gasteiger partial charge in [0.2, 0.25) is 10.0 Å². The zero-order valence-corrected chi connectivity index (χ0v) is 18.9. The summed E-state index contributed by atoms with van der Waals surface area (Å²) >= 11 is 7.35. The molecular weight excluding hydrogens is 442 g/mol. The maximum atomic E-state index is 13.0. The van der Waals surface area contributed by atoms with Gasteiger partial charge in [0.25, 0.3) is 5.91 Å². The summed E-state index contributed by atoms with van der Waals surface area (Å²) in [5.74, 6) is -0.712. The van der Waals surface area contributed by atoms with Crippen molar-refractivity contribution in [1.29, 1.82) is 0 Å². The van der Waals surface area contributed by atoms with Crippen molar-refractivity contribution < 1.29 is 13.2 Å². The summed E-state index contributed by atoms with van der Waals surface area (Å²) < 4.78 is 30.4. The van der Waals surface area contributed by atoms with Gasteiger partial charge in [-0.1, -0.05) is 35.1 Å². The first kappa shape index (κ1) is 21.2. The minimum absolute atomic E-state index is 0.143. The van der Waals surface area contributed by atoms with Gasteiger partial charge in [-0.3, -0.25) is 4.79 Å². The number of benzene rings is 2. The van der Waals surface area contributed by atoms with E-state index < -0.39 is 15.9 Å². The number of aryl methyl sites for hydroxylation is 1. The summed E-state index contributed by atoms with van der Waals surface area (Å²) in [6.07, 6.45) is 1.25. The van der Waals surface area contributed by atoms with Gasteiger partial charge in [-0.25, -0.2) is 8.42 Å². The lowest BCUT2D eigenvalue weighted by Gasteiger charge is -2.30. The fraction of sp³-hybridized carbons (Fsp3) is 0.333. The van der Waals surface area contributed by atoms with Gasteiger partial charge in [0, 0.05) is 24.7 Å². The monoisotopic (exact) mass is 463 g/mol. The molecule has 1 saturated heterocycles. The van der Waals surface area contributed by atoms with Crippen LogP contribution in [0.15, 0.2) is 58.4 Å². The van der Waals surface area contributed by atoms with E-state index in [1.54, 1.807) is 12.1 Å². The first-order valence-electron chi connectivity index (χ1n) is 9.83. The van der Waals surface area contributed by atoms with E-state index in [1.165, 1.54) is 27.8 Å². The summed E-state index contributed by atoms with van der Waals surface area (Å²) in [7, 11) is -3.67. The van der Waals surface area contributed by atoms with E-state index in [0.717, 1.165) is 10.2 Å². The molecule has 1 atom stereocenters. The molecule has 1 unspecified atom stereocenters. The second-order valence-corrected chi connectivity index (χ2v) is 10.6. The summed E-state index contributed by atoms with van der Waals surface area (Å²) in [4.78, 5) is 18.2. The number of rotatable bonds is 4. The van der Waals surface area contributed by atoms with Crippen molar-refractivity contribution in [1.82, 2.24) is 8.87 Å². The number of halogens is 1. The number of hydrogen-bond donors (Lipinski definition) is 0. The number of piperidine rings is 1. The lowest BCUT2D eigenvalue weighted by molar-refractivity contribution is -0.122. The van der Waals surface area contributed by atoms with Crippen LogP contribution in [-0.4, -0.2) is 36.3 Å². The van der Waals surface area contributed by atoms with Gasteiger partial charge in [0.1, 0.15) is 0 Å². The van der Waals surface area contributed by atoms with Crippen LogP contribution >= 0.6 is 22.9 Å². The number of para-hydroxylation sites is 1. The average Bonchev–Trinajstić information content (AvgIpc) is 3.11. The molecule has 1 aliphatic rings. The normalized spacial score (nSPS) is 18.7. The van der Waals surface area contributed by atoms with E-state index >= 15 is 0 Å². The zero-order chi connectivity index (χ0) is 21.3. The van der Waals surface area contributed by atoms with Gasteiger partial charge in [-0.05, 0) is 56.2 Å². The Bertz CT molecular complexity index is 1250. The molecule has 4 rings (SSSR count). The lowest BCUT2D eigenvalue weighted by Crippen LogP contribution is -2.42. The molecule has 6 nitrogen and oxygen atoms in total. The fourth-order valence-corrected chi connectivity index (χ4v) is 6.46. The van der Waals surface area contributed by atoms with Crippen LogP contribution in [0.4, 0.5) is 0 Å². The number of carbonyl (C=O) groups is 1. The van der Waals surface area contributed by atoms with Crippen LogP contribution < -0.4 is 4.80 Å². The number of aromatic nitrogens is 1. The number of sulfonamides is 1. The van der Waals surface area contributed by atoms with E-state index in [0.29, 0.717) is 35.8 Å². The third-order valence-electron chi connectivity index (χ3n) is 5.30. The molecule has 2 heterocycles. The molecule has 30 heavy (non-hydrogen) atoms. The summed E-state index contributed by atoms with van der Waals surface area (Å²) in [5.41, 5.74) is 1.05. The third kappa shape index (κ3) is 4.09. The van der Waals surface area contributed by atoms with E-state index in [1.807, 2.05) is 35.8 Å². The topological polar surface area (TPSA) is 71.7 Å². The van der Waals surface area contributed by atoms with Crippen LogP contribution in [-0.2, 0) is 21.4 Å². The third-order valence-corrected chi connectivity index (χ3v) is 8.49. The Morgan fingerprint density at radius 3 is 2.67 bits per heavy atom. The largest absolute Gasteiger partial charge is 0.317 e. The SMILES string of the molecule is CCn1c(=NC(=O)C2CCCN(S(=O)(=O)c3ccc(Cl)cc3)C2)sc2ccccc21. The Labute approximate surface area is 184 Å². The molecule has 1 amide bonds. The van der Waals surface area contributed by atoms with Crippen LogP contribution in [0.1, 0.15) is 19.8 Å². The van der Waals surface area contributed by atoms with Crippen LogP contribution in [0, 0.1) is 5.92 Å². The average molecular weight is 464 g/mol. The predicted molar refractivity (Wildman–Crippen MR) is 119 cm³/mol. The molecule has 1 aromatic heterocycles. The molecule has 0 bridgehead atoms. The van der Waals surface area contributed by atoms with E-state index in [9.17, 15) is 13.2 Å². The highest BCUT2D eigenvalue weighted by molar-refractivity contribution is 7.89. The van der Waals surface area contributed by atoms with Crippen molar-refractivity contribution in [2.24, 2.45) is 10.9 Å². The second-order valence-electron chi connectivity index (χ2n) is 7.20. The zero-order valence-electron chi connectivity index (χ0n) is 16.5. The van der Waals surface area contributed by atoms with Crippen LogP contribution in [0.5, 0.6) is 0 Å². The Hall–Kier alpha value is -2.00. The Balaban J connectivity index is 1.60. The van der Waals surface area contributed by atoms with Gasteiger partial charge in [0.15, 0.2) is 4.80 Å². The van der Waals surface area contributed by atoms with Gasteiger partial charge in [-0.15, -0.1) is 0 Å². The maximum absolute atomic E-state index is 13.0. The highest BCUT2D eigenvalue weighted by atomic mass is 35.5. The van der Waals surface area contributed by atoms with Gasteiger partial charge >= 0.3 is 0 Å². The van der Waals surface area contributed by atoms with Gasteiger partial charge < -0.3 is 4.57 Å². The van der Waals surface area contributed by atoms with Crippen molar-refractivity contribution in [2.45, 2.75) is 31.2 Å². The molecule has 3 aromatic rings. The number of fused-ring (bicyclic) bond motifs is 1. The van der Waals surface area contributed by atoms with E-state index in [4.69, 9.17) is 11.6 Å². The smallest absolute Gasteiger partial charge is 0.252 e. The summed E-state index contributed by atoms with van der Waals surface area (Å²) in [5, 5.41) is 0.479. The molecule has 158 valence electrons. The molecule has 9 heteroatoms. The Kier molecular flexibility index (Phi) is 6.11. The molecular formula is C21H22ClN3O3S2. The van der Waals surface area contributed by atoms with Gasteiger partial charge in [-0.2, -0.15) is 9.30 Å². The summed E-state index contributed by atoms with van der Waals surface area (Å²) in [6, 6.07) is 14.1. The molecule has 1 aliphatic heterocycles. The van der Waals surface area contributed by atoms with Crippen molar-refractivity contribution in [3.8, 4) is 0 Å². The molecule has 0 N–H and O–H groups in total. The van der Waals surface area contributed by atoms with Crippen molar-refractivity contribution >= 4 is 49.1 Å². The fourth-order valence-electron chi connectivity index (χ4n) is 3.72. The second kappa shape index (κ2) is 8.63. The minimum atomic E-state index is -3.67. The lowest BCUT2D eigenvalue weighted by atomic mass is 9.99. The van der Waals surface area contributed by atoms with Crippen molar-refractivity contribution in [2.75, 3.05) is 13.1 Å². The highest BCUT2D eigenvalue weighted by Gasteiger charge is 2.33. The number of nitrogens with zero attached hydrogens (tertiary/aromatic N) is 3. The number of amides is 1. The highest BCUT2D eigenvalue weighted by Crippen LogP contribution is 2.25. The molecule has 0 radical (unpaired) electrons. The standard InChI is InChI=1S/C21H22ClN3O3S2/c1-2-25-18-7-3-4-8-19(18)29-21(25)23-20(26)15-6-5-13-24(14-15)30(27,28)17-11-9-16(22)10-12-17/h3-4,7-12,15H,2,5-6,13-14H2,1H3. The van der Waals surface area contributed by atoms with Crippen LogP contribution in [0.2, 0.25) is 5.02 Å². The van der Waals surface area contributed by atoms with Crippen LogP contribution in [0.25, 0.3) is 10.2 Å². The number of hydrogen-bond acceptors (Lipinski definition) is 4. The quantitative estimate of drug-likeness (QED) is 0.589. The molecule has 0 aliphatic carbocycles. The minimum Gasteiger partial charge on any atom is -0.317 e. The van der Waals surface area contributed by atoms with Crippen LogP contribution in [0.3, 0.4) is 0 Å². The van der Waals surface area contributed by atoms with Crippen molar-refractivity contribution in [3.05, 3.63) is 58.4 Å². The van der Waals surface area contributed by atoms with Crippen molar-refractivity contribution in [3.63, 3.8) is 0 Å². The predicted octanol–water partition coefficient (Wildman–Crippen LogP) is 3.90. The molecule has 0 spiro atoms. The molecule has 0 saturated carbocycles. The Morgan fingerprint density at radius 1 is 1.20 bits per heavy atom. The number of thiazole rings is 1. The Morgan fingerprint density at radius 2 is 1.93 bits per heavy atom. The first-order valence-corrected chi connectivity index (χ1v) is 12.5. The summed E-state index contributed by atoms with van der Waals surface area (Å²) in [6.45, 7) is 3.26. The molecule has 2 aromatic carbocycles. The number of carbonyl (C=O) groups excluding carboxylic acids is 1. The van der Waals surface area contributed by atoms with E-state index in [-0.39, 0.29) is 17.3 Å².